The van der Waals surface area contributed by atoms with E-state index in [1.807, 2.05) is 24.3 Å². The average molecular weight is 513 g/mol. The van der Waals surface area contributed by atoms with E-state index < -0.39 is 10.0 Å². The molecule has 6 nitrogen and oxygen atoms in total. The standard InChI is InChI=1S/C24H30Cl2N2O4S/c1-4-24(5-2)16-20(18-9-6-7-10-22(18)32-24)27-23(29)11-8-14-28(33(3,30)31)21-15-17(25)12-13-19(21)26/h6-7,9-10,12-13,15,20H,4-5,8,11,14,16H2,1-3H3,(H,27,29)/t20-/m0/s1. The number of hydrogen-bond acceptors (Lipinski definition) is 4. The molecule has 3 rings (SSSR count). The lowest BCUT2D eigenvalue weighted by atomic mass is 9.83. The third-order valence-corrected chi connectivity index (χ3v) is 7.90. The van der Waals surface area contributed by atoms with Gasteiger partial charge in [-0.3, -0.25) is 9.10 Å². The summed E-state index contributed by atoms with van der Waals surface area (Å²) >= 11 is 12.3. The molecule has 0 saturated carbocycles. The number of benzene rings is 2. The minimum Gasteiger partial charge on any atom is -0.487 e. The number of carbonyl (C=O) groups is 1. The molecule has 180 valence electrons. The summed E-state index contributed by atoms with van der Waals surface area (Å²) in [5, 5.41) is 3.80. The molecule has 1 amide bonds. The minimum absolute atomic E-state index is 0.116. The van der Waals surface area contributed by atoms with Crippen molar-refractivity contribution in [3.8, 4) is 5.75 Å². The fourth-order valence-electron chi connectivity index (χ4n) is 4.22. The zero-order valence-corrected chi connectivity index (χ0v) is 21.4. The van der Waals surface area contributed by atoms with Crippen molar-refractivity contribution in [2.45, 2.75) is 57.6 Å². The van der Waals surface area contributed by atoms with Gasteiger partial charge in [0, 0.05) is 30.0 Å². The maximum Gasteiger partial charge on any atom is 0.232 e. The molecule has 0 saturated heterocycles. The lowest BCUT2D eigenvalue weighted by Gasteiger charge is -2.41. The number of rotatable bonds is 9. The van der Waals surface area contributed by atoms with Gasteiger partial charge in [0.1, 0.15) is 11.4 Å². The van der Waals surface area contributed by atoms with Gasteiger partial charge in [0.05, 0.1) is 23.0 Å². The molecule has 2 aromatic rings. The van der Waals surface area contributed by atoms with Gasteiger partial charge < -0.3 is 10.1 Å². The highest BCUT2D eigenvalue weighted by Gasteiger charge is 2.38. The number of nitrogens with one attached hydrogen (secondary N) is 1. The van der Waals surface area contributed by atoms with Crippen LogP contribution in [-0.2, 0) is 14.8 Å². The van der Waals surface area contributed by atoms with Crippen LogP contribution in [0.2, 0.25) is 10.0 Å². The third-order valence-electron chi connectivity index (χ3n) is 6.16. The van der Waals surface area contributed by atoms with Crippen LogP contribution in [0.15, 0.2) is 42.5 Å². The van der Waals surface area contributed by atoms with Gasteiger partial charge in [-0.25, -0.2) is 8.42 Å². The SMILES string of the molecule is CCC1(CC)C[C@H](NC(=O)CCCN(c2cc(Cl)ccc2Cl)S(C)(=O)=O)c2ccccc2O1. The summed E-state index contributed by atoms with van der Waals surface area (Å²) < 4.78 is 32.2. The molecule has 1 atom stereocenters. The number of fused-ring (bicyclic) bond motifs is 1. The van der Waals surface area contributed by atoms with Crippen LogP contribution >= 0.6 is 23.2 Å². The Bertz CT molecular complexity index is 1100. The molecule has 33 heavy (non-hydrogen) atoms. The van der Waals surface area contributed by atoms with Crippen molar-refractivity contribution < 1.29 is 17.9 Å². The maximum atomic E-state index is 12.8. The minimum atomic E-state index is -3.60. The topological polar surface area (TPSA) is 75.7 Å². The lowest BCUT2D eigenvalue weighted by molar-refractivity contribution is -0.122. The Balaban J connectivity index is 1.69. The van der Waals surface area contributed by atoms with E-state index in [1.165, 1.54) is 10.4 Å². The average Bonchev–Trinajstić information content (AvgIpc) is 2.77. The van der Waals surface area contributed by atoms with Crippen LogP contribution in [-0.4, -0.2) is 32.7 Å². The summed E-state index contributed by atoms with van der Waals surface area (Å²) in [6.45, 7) is 4.30. The van der Waals surface area contributed by atoms with Gasteiger partial charge in [0.15, 0.2) is 0 Å². The number of para-hydroxylation sites is 1. The Labute approximate surface area is 206 Å². The maximum absolute atomic E-state index is 12.8. The van der Waals surface area contributed by atoms with Crippen molar-refractivity contribution in [2.75, 3.05) is 17.1 Å². The van der Waals surface area contributed by atoms with Crippen molar-refractivity contribution in [3.63, 3.8) is 0 Å². The van der Waals surface area contributed by atoms with Gasteiger partial charge in [-0.1, -0.05) is 55.2 Å². The lowest BCUT2D eigenvalue weighted by Crippen LogP contribution is -2.44. The monoisotopic (exact) mass is 512 g/mol. The second-order valence-corrected chi connectivity index (χ2v) is 11.1. The molecule has 0 fully saturated rings. The second kappa shape index (κ2) is 10.5. The number of nitrogens with zero attached hydrogens (tertiary/aromatic N) is 1. The van der Waals surface area contributed by atoms with Crippen LogP contribution < -0.4 is 14.4 Å². The molecule has 2 aromatic carbocycles. The summed E-state index contributed by atoms with van der Waals surface area (Å²) in [7, 11) is -3.60. The van der Waals surface area contributed by atoms with Crippen molar-refractivity contribution in [3.05, 3.63) is 58.1 Å². The van der Waals surface area contributed by atoms with Gasteiger partial charge in [0.2, 0.25) is 15.9 Å². The molecule has 0 unspecified atom stereocenters. The van der Waals surface area contributed by atoms with Crippen LogP contribution in [0.3, 0.4) is 0 Å². The van der Waals surface area contributed by atoms with Crippen molar-refractivity contribution in [2.24, 2.45) is 0 Å². The number of halogens is 2. The number of hydrogen-bond donors (Lipinski definition) is 1. The summed E-state index contributed by atoms with van der Waals surface area (Å²) in [5.41, 5.74) is 0.955. The van der Waals surface area contributed by atoms with E-state index in [1.54, 1.807) is 12.1 Å². The number of carbonyl (C=O) groups excluding carboxylic acids is 1. The molecule has 0 bridgehead atoms. The molecular weight excluding hydrogens is 483 g/mol. The molecule has 0 spiro atoms. The summed E-state index contributed by atoms with van der Waals surface area (Å²) in [4.78, 5) is 12.8. The Morgan fingerprint density at radius 1 is 1.18 bits per heavy atom. The van der Waals surface area contributed by atoms with Gasteiger partial charge in [-0.2, -0.15) is 0 Å². The highest BCUT2D eigenvalue weighted by molar-refractivity contribution is 7.92. The van der Waals surface area contributed by atoms with Crippen molar-refractivity contribution >= 4 is 44.8 Å². The van der Waals surface area contributed by atoms with E-state index in [4.69, 9.17) is 27.9 Å². The second-order valence-electron chi connectivity index (χ2n) is 8.39. The van der Waals surface area contributed by atoms with Gasteiger partial charge >= 0.3 is 0 Å². The first-order valence-electron chi connectivity index (χ1n) is 11.1. The fourth-order valence-corrected chi connectivity index (χ4v) is 5.63. The van der Waals surface area contributed by atoms with Gasteiger partial charge in [-0.15, -0.1) is 0 Å². The largest absolute Gasteiger partial charge is 0.487 e. The summed E-state index contributed by atoms with van der Waals surface area (Å²) in [5.74, 6) is 0.667. The van der Waals surface area contributed by atoms with E-state index in [0.717, 1.165) is 30.4 Å². The quantitative estimate of drug-likeness (QED) is 0.464. The highest BCUT2D eigenvalue weighted by Crippen LogP contribution is 2.42. The van der Waals surface area contributed by atoms with E-state index in [0.29, 0.717) is 23.6 Å². The summed E-state index contributed by atoms with van der Waals surface area (Å²) in [6, 6.07) is 12.3. The molecule has 9 heteroatoms. The van der Waals surface area contributed by atoms with Crippen LogP contribution in [0.4, 0.5) is 5.69 Å². The first-order valence-corrected chi connectivity index (χ1v) is 13.7. The molecule has 1 heterocycles. The first kappa shape index (κ1) is 25.7. The Morgan fingerprint density at radius 2 is 1.88 bits per heavy atom. The third kappa shape index (κ3) is 6.14. The Hall–Kier alpha value is -1.96. The molecule has 1 aliphatic heterocycles. The smallest absolute Gasteiger partial charge is 0.232 e. The van der Waals surface area contributed by atoms with Crippen LogP contribution in [0, 0.1) is 0 Å². The molecular formula is C24H30Cl2N2O4S. The fraction of sp³-hybridized carbons (Fsp3) is 0.458. The van der Waals surface area contributed by atoms with Gasteiger partial charge in [0.25, 0.3) is 0 Å². The molecule has 0 aliphatic carbocycles. The molecule has 0 aromatic heterocycles. The predicted octanol–water partition coefficient (Wildman–Crippen LogP) is 5.74. The predicted molar refractivity (Wildman–Crippen MR) is 134 cm³/mol. The van der Waals surface area contributed by atoms with E-state index >= 15 is 0 Å². The summed E-state index contributed by atoms with van der Waals surface area (Å²) in [6.07, 6.45) is 3.99. The van der Waals surface area contributed by atoms with Crippen molar-refractivity contribution in [1.29, 1.82) is 0 Å². The van der Waals surface area contributed by atoms with Crippen LogP contribution in [0.1, 0.15) is 57.6 Å². The van der Waals surface area contributed by atoms with Crippen LogP contribution in [0.25, 0.3) is 0 Å². The normalized spacial score (nSPS) is 17.1. The zero-order valence-electron chi connectivity index (χ0n) is 19.1. The van der Waals surface area contributed by atoms with Crippen LogP contribution in [0.5, 0.6) is 5.75 Å². The number of ether oxygens (including phenoxy) is 1. The van der Waals surface area contributed by atoms with E-state index in [9.17, 15) is 13.2 Å². The molecule has 0 radical (unpaired) electrons. The highest BCUT2D eigenvalue weighted by atomic mass is 35.5. The Morgan fingerprint density at radius 3 is 2.55 bits per heavy atom. The Kier molecular flexibility index (Phi) is 8.19. The zero-order chi connectivity index (χ0) is 24.2. The van der Waals surface area contributed by atoms with Crippen molar-refractivity contribution in [1.82, 2.24) is 5.32 Å². The molecule has 1 N–H and O–H groups in total. The van der Waals surface area contributed by atoms with E-state index in [2.05, 4.69) is 19.2 Å². The molecule has 1 aliphatic rings. The number of anilines is 1. The number of amides is 1. The first-order chi connectivity index (χ1) is 15.6. The van der Waals surface area contributed by atoms with Gasteiger partial charge in [-0.05, 0) is 43.5 Å². The number of sulfonamides is 1. The van der Waals surface area contributed by atoms with E-state index in [-0.39, 0.29) is 35.5 Å².